The zero-order chi connectivity index (χ0) is 21.3. The van der Waals surface area contributed by atoms with Crippen LogP contribution in [-0.2, 0) is 24.2 Å². The van der Waals surface area contributed by atoms with Crippen molar-refractivity contribution in [2.75, 3.05) is 26.7 Å². The van der Waals surface area contributed by atoms with Crippen LogP contribution in [0.1, 0.15) is 34.7 Å². The fraction of sp³-hybridized carbons (Fsp3) is 0.417. The van der Waals surface area contributed by atoms with Crippen LogP contribution in [0, 0.1) is 6.92 Å². The van der Waals surface area contributed by atoms with Crippen LogP contribution in [0.15, 0.2) is 36.7 Å². The van der Waals surface area contributed by atoms with Crippen molar-refractivity contribution in [2.45, 2.75) is 38.6 Å². The van der Waals surface area contributed by atoms with Gasteiger partial charge >= 0.3 is 0 Å². The van der Waals surface area contributed by atoms with Gasteiger partial charge in [-0.05, 0) is 61.3 Å². The SMILES string of the molecule is Cc1cnccc1C(CC(=O)CN)Cn1c2c(c3cc(Cl)ccc31)CCN(C)CC2. The lowest BCUT2D eigenvalue weighted by Gasteiger charge is -2.22. The van der Waals surface area contributed by atoms with Crippen molar-refractivity contribution in [3.63, 3.8) is 0 Å². The number of carbonyl (C=O) groups excluding carboxylic acids is 1. The summed E-state index contributed by atoms with van der Waals surface area (Å²) in [6, 6.07) is 8.22. The Morgan fingerprint density at radius 3 is 2.83 bits per heavy atom. The van der Waals surface area contributed by atoms with Crippen molar-refractivity contribution in [3.05, 3.63) is 64.1 Å². The third-order valence-corrected chi connectivity index (χ3v) is 6.57. The summed E-state index contributed by atoms with van der Waals surface area (Å²) < 4.78 is 2.43. The summed E-state index contributed by atoms with van der Waals surface area (Å²) in [6.07, 6.45) is 6.12. The molecule has 158 valence electrons. The maximum Gasteiger partial charge on any atom is 0.147 e. The van der Waals surface area contributed by atoms with Gasteiger partial charge in [0.2, 0.25) is 0 Å². The van der Waals surface area contributed by atoms with Gasteiger partial charge in [0.05, 0.1) is 6.54 Å². The van der Waals surface area contributed by atoms with Crippen LogP contribution in [0.4, 0.5) is 0 Å². The molecular formula is C24H29ClN4O. The molecule has 6 heteroatoms. The summed E-state index contributed by atoms with van der Waals surface area (Å²) in [5, 5.41) is 2.00. The molecule has 5 nitrogen and oxygen atoms in total. The first kappa shape index (κ1) is 21.0. The van der Waals surface area contributed by atoms with Crippen LogP contribution in [0.5, 0.6) is 0 Å². The molecule has 4 rings (SSSR count). The highest BCUT2D eigenvalue weighted by Gasteiger charge is 2.25. The van der Waals surface area contributed by atoms with Gasteiger partial charge in [-0.2, -0.15) is 0 Å². The molecule has 3 heterocycles. The second-order valence-electron chi connectivity index (χ2n) is 8.38. The topological polar surface area (TPSA) is 64.2 Å². The highest BCUT2D eigenvalue weighted by Crippen LogP contribution is 2.34. The minimum absolute atomic E-state index is 0.0559. The van der Waals surface area contributed by atoms with E-state index < -0.39 is 0 Å². The van der Waals surface area contributed by atoms with E-state index in [1.54, 1.807) is 0 Å². The largest absolute Gasteiger partial charge is 0.344 e. The number of Topliss-reactive ketones (excluding diaryl/α,β-unsaturated/α-hetero) is 1. The molecule has 0 radical (unpaired) electrons. The fourth-order valence-corrected chi connectivity index (χ4v) is 4.90. The van der Waals surface area contributed by atoms with Gasteiger partial charge in [0.15, 0.2) is 0 Å². The van der Waals surface area contributed by atoms with Crippen LogP contribution in [0.3, 0.4) is 0 Å². The second-order valence-corrected chi connectivity index (χ2v) is 8.81. The number of nitrogens with zero attached hydrogens (tertiary/aromatic N) is 3. The van der Waals surface area contributed by atoms with Crippen molar-refractivity contribution in [2.24, 2.45) is 5.73 Å². The van der Waals surface area contributed by atoms with Gasteiger partial charge in [-0.1, -0.05) is 11.6 Å². The average molecular weight is 425 g/mol. The number of pyridine rings is 1. The van der Waals surface area contributed by atoms with Gasteiger partial charge in [-0.25, -0.2) is 0 Å². The number of fused-ring (bicyclic) bond motifs is 3. The number of rotatable bonds is 6. The van der Waals surface area contributed by atoms with Crippen LogP contribution in [0.25, 0.3) is 10.9 Å². The molecule has 2 N–H and O–H groups in total. The van der Waals surface area contributed by atoms with Crippen LogP contribution < -0.4 is 5.73 Å². The molecule has 1 aliphatic rings. The molecule has 0 saturated carbocycles. The predicted octanol–water partition coefficient (Wildman–Crippen LogP) is 3.73. The van der Waals surface area contributed by atoms with E-state index in [4.69, 9.17) is 17.3 Å². The number of aryl methyl sites for hydroxylation is 1. The molecule has 0 amide bonds. The molecule has 0 bridgehead atoms. The summed E-state index contributed by atoms with van der Waals surface area (Å²) in [6.45, 7) is 4.94. The molecule has 30 heavy (non-hydrogen) atoms. The minimum Gasteiger partial charge on any atom is -0.344 e. The average Bonchev–Trinajstić information content (AvgIpc) is 2.87. The third kappa shape index (κ3) is 4.15. The Balaban J connectivity index is 1.82. The van der Waals surface area contributed by atoms with E-state index in [1.807, 2.05) is 24.5 Å². The van der Waals surface area contributed by atoms with Gasteiger partial charge in [0.25, 0.3) is 0 Å². The number of nitrogens with two attached hydrogens (primary N) is 1. The molecule has 1 aromatic carbocycles. The monoisotopic (exact) mass is 424 g/mol. The highest BCUT2D eigenvalue weighted by molar-refractivity contribution is 6.31. The highest BCUT2D eigenvalue weighted by atomic mass is 35.5. The Morgan fingerprint density at radius 2 is 2.07 bits per heavy atom. The standard InChI is InChI=1S/C24H29ClN4O/c1-16-14-27-8-5-20(16)17(11-19(30)13-26)15-29-23-4-3-18(25)12-22(23)21-6-9-28(2)10-7-24(21)29/h3-5,8,12,14,17H,6-7,9-11,13,15,26H2,1-2H3. The maximum absolute atomic E-state index is 12.4. The van der Waals surface area contributed by atoms with E-state index in [9.17, 15) is 4.79 Å². The number of benzene rings is 1. The number of hydrogen-bond acceptors (Lipinski definition) is 4. The van der Waals surface area contributed by atoms with Crippen molar-refractivity contribution in [1.82, 2.24) is 14.5 Å². The third-order valence-electron chi connectivity index (χ3n) is 6.33. The van der Waals surface area contributed by atoms with E-state index in [-0.39, 0.29) is 18.2 Å². The normalized spacial score (nSPS) is 15.7. The number of aromatic nitrogens is 2. The van der Waals surface area contributed by atoms with Gasteiger partial charge in [0.1, 0.15) is 5.78 Å². The minimum atomic E-state index is 0.0559. The first-order chi connectivity index (χ1) is 14.5. The Hall–Kier alpha value is -2.21. The summed E-state index contributed by atoms with van der Waals surface area (Å²) >= 11 is 6.36. The van der Waals surface area contributed by atoms with Crippen LogP contribution in [-0.4, -0.2) is 46.9 Å². The lowest BCUT2D eigenvalue weighted by Crippen LogP contribution is -2.22. The predicted molar refractivity (Wildman–Crippen MR) is 122 cm³/mol. The lowest BCUT2D eigenvalue weighted by molar-refractivity contribution is -0.118. The fourth-order valence-electron chi connectivity index (χ4n) is 4.73. The number of carbonyl (C=O) groups is 1. The zero-order valence-electron chi connectivity index (χ0n) is 17.7. The second kappa shape index (κ2) is 8.88. The van der Waals surface area contributed by atoms with Crippen LogP contribution in [0.2, 0.25) is 5.02 Å². The number of likely N-dealkylation sites (N-methyl/N-ethyl adjacent to an activating group) is 1. The molecular weight excluding hydrogens is 396 g/mol. The van der Waals surface area contributed by atoms with E-state index in [1.165, 1.54) is 27.7 Å². The summed E-state index contributed by atoms with van der Waals surface area (Å²) in [5.74, 6) is 0.141. The van der Waals surface area contributed by atoms with E-state index in [2.05, 4.69) is 40.6 Å². The van der Waals surface area contributed by atoms with Gasteiger partial charge < -0.3 is 15.2 Å². The molecule has 0 fully saturated rings. The van der Waals surface area contributed by atoms with Crippen molar-refractivity contribution in [3.8, 4) is 0 Å². The van der Waals surface area contributed by atoms with Gasteiger partial charge in [-0.3, -0.25) is 9.78 Å². The summed E-state index contributed by atoms with van der Waals surface area (Å²) in [4.78, 5) is 19.0. The summed E-state index contributed by atoms with van der Waals surface area (Å²) in [5.41, 5.74) is 11.9. The number of ketones is 1. The van der Waals surface area contributed by atoms with E-state index in [0.717, 1.165) is 43.1 Å². The lowest BCUT2D eigenvalue weighted by atomic mass is 9.91. The Morgan fingerprint density at radius 1 is 1.27 bits per heavy atom. The molecule has 0 aliphatic carbocycles. The van der Waals surface area contributed by atoms with Gasteiger partial charge in [-0.15, -0.1) is 0 Å². The van der Waals surface area contributed by atoms with Gasteiger partial charge in [0, 0.05) is 72.4 Å². The number of halogens is 1. The van der Waals surface area contributed by atoms with Crippen LogP contribution >= 0.6 is 11.6 Å². The quantitative estimate of drug-likeness (QED) is 0.654. The smallest absolute Gasteiger partial charge is 0.147 e. The Kier molecular flexibility index (Phi) is 6.23. The number of hydrogen-bond donors (Lipinski definition) is 1. The molecule has 0 spiro atoms. The molecule has 1 atom stereocenters. The first-order valence-electron chi connectivity index (χ1n) is 10.6. The van der Waals surface area contributed by atoms with Crippen molar-refractivity contribution in [1.29, 1.82) is 0 Å². The molecule has 1 aliphatic heterocycles. The molecule has 1 unspecified atom stereocenters. The Bertz CT molecular complexity index is 1070. The molecule has 2 aromatic heterocycles. The Labute approximate surface area is 182 Å². The van der Waals surface area contributed by atoms with Crippen molar-refractivity contribution < 1.29 is 4.79 Å². The summed E-state index contributed by atoms with van der Waals surface area (Å²) in [7, 11) is 2.18. The van der Waals surface area contributed by atoms with E-state index >= 15 is 0 Å². The molecule has 0 saturated heterocycles. The molecule has 3 aromatic rings. The van der Waals surface area contributed by atoms with Crippen molar-refractivity contribution >= 4 is 28.3 Å². The zero-order valence-corrected chi connectivity index (χ0v) is 18.5. The maximum atomic E-state index is 12.4. The van der Waals surface area contributed by atoms with E-state index in [0.29, 0.717) is 6.42 Å². The first-order valence-corrected chi connectivity index (χ1v) is 11.0.